The molecule has 2 amide bonds. The van der Waals surface area contributed by atoms with Crippen molar-refractivity contribution in [1.82, 2.24) is 25.1 Å². The largest absolute Gasteiger partial charge is 0.464 e. The minimum absolute atomic E-state index is 0.0245. The van der Waals surface area contributed by atoms with Crippen LogP contribution < -0.4 is 5.32 Å². The van der Waals surface area contributed by atoms with Crippen molar-refractivity contribution in [2.45, 2.75) is 18.5 Å². The molecule has 224 valence electrons. The van der Waals surface area contributed by atoms with Crippen molar-refractivity contribution in [2.75, 3.05) is 33.3 Å². The average Bonchev–Trinajstić information content (AvgIpc) is 3.73. The second-order valence-corrected chi connectivity index (χ2v) is 10.7. The second-order valence-electron chi connectivity index (χ2n) is 10.7. The first-order valence-corrected chi connectivity index (χ1v) is 14.5. The first kappa shape index (κ1) is 28.9. The zero-order valence-electron chi connectivity index (χ0n) is 24.3. The SMILES string of the molecule is COC(=O)c1ncoc1CC(NC(=O)c1cc2ccccc2[nH]1)C(=O)N1CCN(C(c2ccccc2)c2ccccc2)CC1. The van der Waals surface area contributed by atoms with Crippen LogP contribution in [0.5, 0.6) is 0 Å². The summed E-state index contributed by atoms with van der Waals surface area (Å²) in [6.07, 6.45) is 1.07. The van der Waals surface area contributed by atoms with E-state index in [1.54, 1.807) is 11.0 Å². The summed E-state index contributed by atoms with van der Waals surface area (Å²) in [6.45, 7) is 2.21. The molecule has 44 heavy (non-hydrogen) atoms. The van der Waals surface area contributed by atoms with Gasteiger partial charge in [0.2, 0.25) is 5.91 Å². The van der Waals surface area contributed by atoms with E-state index < -0.39 is 17.9 Å². The fourth-order valence-corrected chi connectivity index (χ4v) is 5.80. The van der Waals surface area contributed by atoms with Gasteiger partial charge in [-0.15, -0.1) is 0 Å². The van der Waals surface area contributed by atoms with E-state index in [0.29, 0.717) is 31.9 Å². The van der Waals surface area contributed by atoms with Gasteiger partial charge in [-0.1, -0.05) is 78.9 Å². The number of carbonyl (C=O) groups excluding carboxylic acids is 3. The molecule has 0 spiro atoms. The van der Waals surface area contributed by atoms with Crippen molar-refractivity contribution < 1.29 is 23.5 Å². The van der Waals surface area contributed by atoms with Crippen LogP contribution >= 0.6 is 0 Å². The summed E-state index contributed by atoms with van der Waals surface area (Å²) in [4.78, 5) is 51.0. The third-order valence-corrected chi connectivity index (χ3v) is 8.01. The Morgan fingerprint density at radius 1 is 0.909 bits per heavy atom. The number of carbonyl (C=O) groups is 3. The van der Waals surface area contributed by atoms with Crippen LogP contribution in [-0.2, 0) is 16.0 Å². The van der Waals surface area contributed by atoms with Crippen molar-refractivity contribution in [3.63, 3.8) is 0 Å². The Balaban J connectivity index is 1.22. The van der Waals surface area contributed by atoms with E-state index in [0.717, 1.165) is 17.3 Å². The van der Waals surface area contributed by atoms with Crippen LogP contribution in [0, 0.1) is 0 Å². The Morgan fingerprint density at radius 2 is 1.55 bits per heavy atom. The van der Waals surface area contributed by atoms with Crippen LogP contribution in [0.25, 0.3) is 10.9 Å². The molecule has 1 atom stereocenters. The highest BCUT2D eigenvalue weighted by molar-refractivity contribution is 6.00. The Hall–Kier alpha value is -5.22. The first-order chi connectivity index (χ1) is 21.5. The summed E-state index contributed by atoms with van der Waals surface area (Å²) >= 11 is 0. The number of nitrogens with one attached hydrogen (secondary N) is 2. The molecule has 1 aliphatic rings. The van der Waals surface area contributed by atoms with Crippen LogP contribution in [0.15, 0.2) is 102 Å². The number of hydrogen-bond acceptors (Lipinski definition) is 7. The quantitative estimate of drug-likeness (QED) is 0.246. The number of amides is 2. The summed E-state index contributed by atoms with van der Waals surface area (Å²) in [5.41, 5.74) is 3.48. The highest BCUT2D eigenvalue weighted by Crippen LogP contribution is 2.29. The van der Waals surface area contributed by atoms with E-state index in [-0.39, 0.29) is 29.8 Å². The molecule has 2 N–H and O–H groups in total. The fraction of sp³-hybridized carbons (Fsp3) is 0.235. The Kier molecular flexibility index (Phi) is 8.51. The van der Waals surface area contributed by atoms with Crippen LogP contribution in [0.3, 0.4) is 0 Å². The van der Waals surface area contributed by atoms with E-state index in [9.17, 15) is 14.4 Å². The van der Waals surface area contributed by atoms with Crippen molar-refractivity contribution in [3.05, 3.63) is 126 Å². The van der Waals surface area contributed by atoms with Crippen LogP contribution in [0.4, 0.5) is 0 Å². The lowest BCUT2D eigenvalue weighted by Crippen LogP contribution is -2.56. The Bertz CT molecular complexity index is 1670. The summed E-state index contributed by atoms with van der Waals surface area (Å²) in [5.74, 6) is -1.22. The number of aromatic amines is 1. The number of H-pyrrole nitrogens is 1. The maximum atomic E-state index is 14.0. The van der Waals surface area contributed by atoms with Crippen LogP contribution in [0.1, 0.15) is 43.9 Å². The molecular formula is C34H33N5O5. The summed E-state index contributed by atoms with van der Waals surface area (Å²) < 4.78 is 10.3. The van der Waals surface area contributed by atoms with Gasteiger partial charge in [-0.3, -0.25) is 14.5 Å². The third-order valence-electron chi connectivity index (χ3n) is 8.01. The van der Waals surface area contributed by atoms with Gasteiger partial charge in [-0.05, 0) is 23.3 Å². The zero-order chi connectivity index (χ0) is 30.5. The van der Waals surface area contributed by atoms with Gasteiger partial charge in [0.1, 0.15) is 17.5 Å². The summed E-state index contributed by atoms with van der Waals surface area (Å²) in [7, 11) is 1.25. The summed E-state index contributed by atoms with van der Waals surface area (Å²) in [5, 5.41) is 3.77. The maximum absolute atomic E-state index is 14.0. The third kappa shape index (κ3) is 6.11. The fourth-order valence-electron chi connectivity index (χ4n) is 5.80. The normalized spacial score (nSPS) is 14.5. The van der Waals surface area contributed by atoms with Gasteiger partial charge < -0.3 is 24.4 Å². The number of methoxy groups -OCH3 is 1. The highest BCUT2D eigenvalue weighted by atomic mass is 16.5. The number of rotatable bonds is 9. The predicted octanol–water partition coefficient (Wildman–Crippen LogP) is 4.22. The average molecular weight is 592 g/mol. The Labute approximate surface area is 254 Å². The molecular weight excluding hydrogens is 558 g/mol. The van der Waals surface area contributed by atoms with Crippen molar-refractivity contribution in [3.8, 4) is 0 Å². The topological polar surface area (TPSA) is 121 Å². The van der Waals surface area contributed by atoms with E-state index in [1.807, 2.05) is 60.7 Å². The Morgan fingerprint density at radius 3 is 2.18 bits per heavy atom. The zero-order valence-corrected chi connectivity index (χ0v) is 24.3. The van der Waals surface area contributed by atoms with E-state index in [2.05, 4.69) is 44.5 Å². The number of oxazole rings is 1. The number of nitrogens with zero attached hydrogens (tertiary/aromatic N) is 3. The molecule has 0 bridgehead atoms. The number of hydrogen-bond donors (Lipinski definition) is 2. The minimum Gasteiger partial charge on any atom is -0.464 e. The first-order valence-electron chi connectivity index (χ1n) is 14.5. The van der Waals surface area contributed by atoms with Crippen molar-refractivity contribution in [1.29, 1.82) is 0 Å². The lowest BCUT2D eigenvalue weighted by atomic mass is 9.96. The van der Waals surface area contributed by atoms with Gasteiger partial charge in [-0.2, -0.15) is 0 Å². The molecule has 5 aromatic rings. The predicted molar refractivity (Wildman–Crippen MR) is 164 cm³/mol. The number of para-hydroxylation sites is 1. The molecule has 0 saturated carbocycles. The number of piperazine rings is 1. The van der Waals surface area contributed by atoms with Crippen molar-refractivity contribution in [2.24, 2.45) is 0 Å². The maximum Gasteiger partial charge on any atom is 0.360 e. The molecule has 10 heteroatoms. The smallest absolute Gasteiger partial charge is 0.360 e. The monoisotopic (exact) mass is 591 g/mol. The van der Waals surface area contributed by atoms with Gasteiger partial charge in [0, 0.05) is 43.5 Å². The highest BCUT2D eigenvalue weighted by Gasteiger charge is 2.34. The lowest BCUT2D eigenvalue weighted by molar-refractivity contribution is -0.135. The molecule has 10 nitrogen and oxygen atoms in total. The van der Waals surface area contributed by atoms with Gasteiger partial charge in [0.05, 0.1) is 13.2 Å². The van der Waals surface area contributed by atoms with E-state index >= 15 is 0 Å². The summed E-state index contributed by atoms with van der Waals surface area (Å²) in [6, 6.07) is 29.0. The van der Waals surface area contributed by atoms with Crippen LogP contribution in [-0.4, -0.2) is 76.9 Å². The standard InChI is InChI=1S/C34H33N5O5/c1-43-34(42)30-29(44-22-35-30)21-28(37-32(40)27-20-25-14-8-9-15-26(25)36-27)33(41)39-18-16-38(17-19-39)31(23-10-4-2-5-11-23)24-12-6-3-7-13-24/h2-15,20,22,28,31,36H,16-19,21H2,1H3,(H,37,40). The van der Waals surface area contributed by atoms with Gasteiger partial charge in [0.15, 0.2) is 12.1 Å². The molecule has 1 unspecified atom stereocenters. The lowest BCUT2D eigenvalue weighted by Gasteiger charge is -2.40. The molecule has 1 aliphatic heterocycles. The van der Waals surface area contributed by atoms with Crippen LogP contribution in [0.2, 0.25) is 0 Å². The van der Waals surface area contributed by atoms with E-state index in [1.165, 1.54) is 18.2 Å². The van der Waals surface area contributed by atoms with Gasteiger partial charge >= 0.3 is 5.97 Å². The van der Waals surface area contributed by atoms with E-state index in [4.69, 9.17) is 9.15 Å². The molecule has 1 saturated heterocycles. The number of aromatic nitrogens is 2. The number of esters is 1. The van der Waals surface area contributed by atoms with Crippen molar-refractivity contribution >= 4 is 28.7 Å². The number of benzene rings is 3. The number of fused-ring (bicyclic) bond motifs is 1. The van der Waals surface area contributed by atoms with Gasteiger partial charge in [0.25, 0.3) is 5.91 Å². The molecule has 2 aromatic heterocycles. The molecule has 3 aromatic carbocycles. The molecule has 6 rings (SSSR count). The molecule has 0 aliphatic carbocycles. The molecule has 0 radical (unpaired) electrons. The minimum atomic E-state index is -1.00. The molecule has 3 heterocycles. The van der Waals surface area contributed by atoms with Gasteiger partial charge in [-0.25, -0.2) is 9.78 Å². The second kappa shape index (κ2) is 13.0. The number of ether oxygens (including phenoxy) is 1. The molecule has 1 fully saturated rings.